The normalized spacial score (nSPS) is 11.6. The summed E-state index contributed by atoms with van der Waals surface area (Å²) in [4.78, 5) is 17.9. The topological polar surface area (TPSA) is 106 Å². The van der Waals surface area contributed by atoms with Gasteiger partial charge in [-0.1, -0.05) is 17.7 Å². The van der Waals surface area contributed by atoms with E-state index in [4.69, 9.17) is 11.6 Å². The van der Waals surface area contributed by atoms with Crippen LogP contribution in [0.25, 0.3) is 22.7 Å². The fourth-order valence-electron chi connectivity index (χ4n) is 3.35. The van der Waals surface area contributed by atoms with E-state index >= 15 is 0 Å². The Hall–Kier alpha value is -3.24. The van der Waals surface area contributed by atoms with Crippen LogP contribution in [0.5, 0.6) is 0 Å². The fraction of sp³-hybridized carbons (Fsp3) is 0.238. The average Bonchev–Trinajstić information content (AvgIpc) is 3.14. The molecule has 0 atom stereocenters. The summed E-state index contributed by atoms with van der Waals surface area (Å²) in [5, 5.41) is 3.85. The smallest absolute Gasteiger partial charge is 0.233 e. The molecule has 0 unspecified atom stereocenters. The van der Waals surface area contributed by atoms with E-state index in [1.54, 1.807) is 24.5 Å². The average molecular weight is 472 g/mol. The Labute approximate surface area is 191 Å². The summed E-state index contributed by atoms with van der Waals surface area (Å²) in [6, 6.07) is 10.9. The molecule has 4 rings (SSSR count). The molecule has 0 aliphatic rings. The SMILES string of the molecule is CCn1c(-c2nccc(NCc3cccnc3N(C)S(C)(=O)=O)n2)nc2cc(Cl)ccc21. The highest BCUT2D eigenvalue weighted by Gasteiger charge is 2.18. The van der Waals surface area contributed by atoms with Crippen LogP contribution in [0.4, 0.5) is 11.6 Å². The van der Waals surface area contributed by atoms with E-state index < -0.39 is 10.0 Å². The number of rotatable bonds is 7. The number of imidazole rings is 1. The van der Waals surface area contributed by atoms with Crippen molar-refractivity contribution in [3.05, 3.63) is 59.4 Å². The molecule has 0 aliphatic carbocycles. The highest BCUT2D eigenvalue weighted by Crippen LogP contribution is 2.26. The number of sulfonamides is 1. The molecule has 4 aromatic rings. The minimum atomic E-state index is -3.43. The second-order valence-electron chi connectivity index (χ2n) is 7.15. The summed E-state index contributed by atoms with van der Waals surface area (Å²) in [7, 11) is -1.95. The number of hydrogen-bond donors (Lipinski definition) is 1. The van der Waals surface area contributed by atoms with Gasteiger partial charge >= 0.3 is 0 Å². The van der Waals surface area contributed by atoms with Crippen LogP contribution in [0, 0.1) is 0 Å². The molecular weight excluding hydrogens is 450 g/mol. The van der Waals surface area contributed by atoms with Crippen molar-refractivity contribution in [3.63, 3.8) is 0 Å². The number of nitrogens with one attached hydrogen (secondary N) is 1. The van der Waals surface area contributed by atoms with Crippen LogP contribution in [0.15, 0.2) is 48.8 Å². The van der Waals surface area contributed by atoms with Crippen molar-refractivity contribution in [1.29, 1.82) is 0 Å². The van der Waals surface area contributed by atoms with Crippen LogP contribution in [-0.2, 0) is 23.1 Å². The standard InChI is InChI=1S/C21H22ClN7O2S/c1-4-29-17-8-7-15(22)12-16(17)26-21(29)19-23-11-9-18(27-19)25-13-14-6-5-10-24-20(14)28(2)32(3,30)31/h5-12H,4,13H2,1-3H3,(H,23,25,27). The lowest BCUT2D eigenvalue weighted by Crippen LogP contribution is -2.27. The van der Waals surface area contributed by atoms with Gasteiger partial charge in [0.2, 0.25) is 10.0 Å². The van der Waals surface area contributed by atoms with Gasteiger partial charge in [0.15, 0.2) is 11.6 Å². The van der Waals surface area contributed by atoms with E-state index in [1.807, 2.05) is 35.8 Å². The first-order valence-corrected chi connectivity index (χ1v) is 12.1. The van der Waals surface area contributed by atoms with Gasteiger partial charge in [-0.2, -0.15) is 0 Å². The maximum atomic E-state index is 11.9. The summed E-state index contributed by atoms with van der Waals surface area (Å²) in [6.45, 7) is 3.06. The second kappa shape index (κ2) is 8.71. The Morgan fingerprint density at radius 2 is 1.94 bits per heavy atom. The summed E-state index contributed by atoms with van der Waals surface area (Å²) in [5.74, 6) is 2.07. The van der Waals surface area contributed by atoms with E-state index in [0.717, 1.165) is 27.2 Å². The Balaban J connectivity index is 1.63. The van der Waals surface area contributed by atoms with Crippen LogP contribution in [-0.4, -0.2) is 46.2 Å². The summed E-state index contributed by atoms with van der Waals surface area (Å²) < 4.78 is 27.1. The molecule has 9 nitrogen and oxygen atoms in total. The Morgan fingerprint density at radius 1 is 1.12 bits per heavy atom. The number of hydrogen-bond acceptors (Lipinski definition) is 7. The lowest BCUT2D eigenvalue weighted by atomic mass is 10.2. The van der Waals surface area contributed by atoms with Crippen molar-refractivity contribution in [3.8, 4) is 11.6 Å². The van der Waals surface area contributed by atoms with Crippen molar-refractivity contribution in [2.45, 2.75) is 20.0 Å². The zero-order valence-corrected chi connectivity index (χ0v) is 19.4. The predicted octanol–water partition coefficient (Wildman–Crippen LogP) is 3.57. The highest BCUT2D eigenvalue weighted by atomic mass is 35.5. The molecule has 0 spiro atoms. The summed E-state index contributed by atoms with van der Waals surface area (Å²) in [6.07, 6.45) is 4.36. The Morgan fingerprint density at radius 3 is 2.69 bits per heavy atom. The molecule has 0 saturated carbocycles. The van der Waals surface area contributed by atoms with Crippen LogP contribution >= 0.6 is 11.6 Å². The molecule has 0 saturated heterocycles. The maximum absolute atomic E-state index is 11.9. The van der Waals surface area contributed by atoms with Gasteiger partial charge in [0, 0.05) is 43.1 Å². The Bertz CT molecular complexity index is 1390. The predicted molar refractivity (Wildman–Crippen MR) is 126 cm³/mol. The van der Waals surface area contributed by atoms with Gasteiger partial charge in [0.05, 0.1) is 17.3 Å². The van der Waals surface area contributed by atoms with Crippen LogP contribution in [0.3, 0.4) is 0 Å². The molecular formula is C21H22ClN7O2S. The first kappa shape index (κ1) is 22.0. The molecule has 0 radical (unpaired) electrons. The van der Waals surface area contributed by atoms with Crippen LogP contribution in [0.2, 0.25) is 5.02 Å². The number of benzene rings is 1. The molecule has 0 aliphatic heterocycles. The second-order valence-corrected chi connectivity index (χ2v) is 9.60. The van der Waals surface area contributed by atoms with Crippen molar-refractivity contribution >= 4 is 44.3 Å². The van der Waals surface area contributed by atoms with E-state index in [2.05, 4.69) is 25.3 Å². The molecule has 0 bridgehead atoms. The van der Waals surface area contributed by atoms with E-state index in [0.29, 0.717) is 41.4 Å². The third-order valence-corrected chi connectivity index (χ3v) is 6.41. The van der Waals surface area contributed by atoms with Crippen LogP contribution < -0.4 is 9.62 Å². The van der Waals surface area contributed by atoms with E-state index in [1.165, 1.54) is 7.05 Å². The van der Waals surface area contributed by atoms with Crippen molar-refractivity contribution in [1.82, 2.24) is 24.5 Å². The molecule has 3 aromatic heterocycles. The van der Waals surface area contributed by atoms with Crippen molar-refractivity contribution in [2.75, 3.05) is 22.9 Å². The first-order chi connectivity index (χ1) is 15.3. The third kappa shape index (κ3) is 4.37. The molecule has 11 heteroatoms. The maximum Gasteiger partial charge on any atom is 0.233 e. The van der Waals surface area contributed by atoms with E-state index in [9.17, 15) is 8.42 Å². The number of aryl methyl sites for hydroxylation is 1. The molecule has 0 fully saturated rings. The summed E-state index contributed by atoms with van der Waals surface area (Å²) in [5.41, 5.74) is 2.45. The quantitative estimate of drug-likeness (QED) is 0.439. The lowest BCUT2D eigenvalue weighted by Gasteiger charge is -2.19. The van der Waals surface area contributed by atoms with Crippen molar-refractivity contribution < 1.29 is 8.42 Å². The zero-order chi connectivity index (χ0) is 22.9. The number of aromatic nitrogens is 5. The summed E-state index contributed by atoms with van der Waals surface area (Å²) >= 11 is 6.12. The number of anilines is 2. The molecule has 1 aromatic carbocycles. The number of halogens is 1. The fourth-order valence-corrected chi connectivity index (χ4v) is 4.00. The molecule has 32 heavy (non-hydrogen) atoms. The van der Waals surface area contributed by atoms with Gasteiger partial charge in [-0.15, -0.1) is 0 Å². The minimum Gasteiger partial charge on any atom is -0.366 e. The number of nitrogens with zero attached hydrogens (tertiary/aromatic N) is 6. The van der Waals surface area contributed by atoms with Gasteiger partial charge in [0.1, 0.15) is 11.6 Å². The molecule has 3 heterocycles. The van der Waals surface area contributed by atoms with Crippen LogP contribution in [0.1, 0.15) is 12.5 Å². The van der Waals surface area contributed by atoms with Gasteiger partial charge in [-0.05, 0) is 37.3 Å². The van der Waals surface area contributed by atoms with E-state index in [-0.39, 0.29) is 0 Å². The van der Waals surface area contributed by atoms with Gasteiger partial charge < -0.3 is 9.88 Å². The van der Waals surface area contributed by atoms with Gasteiger partial charge in [0.25, 0.3) is 0 Å². The first-order valence-electron chi connectivity index (χ1n) is 9.89. The highest BCUT2D eigenvalue weighted by molar-refractivity contribution is 7.92. The molecule has 166 valence electrons. The zero-order valence-electron chi connectivity index (χ0n) is 17.8. The Kier molecular flexibility index (Phi) is 5.98. The van der Waals surface area contributed by atoms with Gasteiger partial charge in [-0.3, -0.25) is 4.31 Å². The van der Waals surface area contributed by atoms with Crippen molar-refractivity contribution in [2.24, 2.45) is 0 Å². The lowest BCUT2D eigenvalue weighted by molar-refractivity contribution is 0.599. The monoisotopic (exact) mass is 471 g/mol. The minimum absolute atomic E-state index is 0.333. The van der Waals surface area contributed by atoms with Gasteiger partial charge in [-0.25, -0.2) is 28.4 Å². The number of fused-ring (bicyclic) bond motifs is 1. The third-order valence-electron chi connectivity index (χ3n) is 5.01. The molecule has 1 N–H and O–H groups in total. The number of pyridine rings is 1. The largest absolute Gasteiger partial charge is 0.366 e. The molecule has 0 amide bonds.